The minimum absolute atomic E-state index is 0.290. The van der Waals surface area contributed by atoms with Crippen LogP contribution in [0.15, 0.2) is 42.6 Å². The van der Waals surface area contributed by atoms with Crippen LogP contribution in [0.3, 0.4) is 0 Å². The Bertz CT molecular complexity index is 538. The average molecular weight is 303 g/mol. The summed E-state index contributed by atoms with van der Waals surface area (Å²) in [4.78, 5) is 14.0. The molecule has 0 saturated carbocycles. The second-order valence-electron chi connectivity index (χ2n) is 3.80. The highest BCUT2D eigenvalue weighted by Gasteiger charge is 2.25. The molecule has 0 fully saturated rings. The average Bonchev–Trinajstić information content (AvgIpc) is 2.87. The Hall–Kier alpha value is -0.960. The first-order valence-corrected chi connectivity index (χ1v) is 6.56. The van der Waals surface area contributed by atoms with E-state index in [1.165, 1.54) is 0 Å². The SMILES string of the molecule is O=C(Cl)c1[nH]ccc1C(Cl)C(Cl)c1ccccc1. The molecule has 1 aromatic carbocycles. The van der Waals surface area contributed by atoms with Gasteiger partial charge in [-0.1, -0.05) is 30.3 Å². The lowest BCUT2D eigenvalue weighted by Crippen LogP contribution is -2.04. The maximum Gasteiger partial charge on any atom is 0.268 e. The van der Waals surface area contributed by atoms with Crippen molar-refractivity contribution in [1.82, 2.24) is 4.98 Å². The summed E-state index contributed by atoms with van der Waals surface area (Å²) >= 11 is 18.1. The number of hydrogen-bond acceptors (Lipinski definition) is 1. The molecule has 1 N–H and O–H groups in total. The molecule has 2 nitrogen and oxygen atoms in total. The molecule has 1 aromatic heterocycles. The lowest BCUT2D eigenvalue weighted by Gasteiger charge is -2.16. The molecule has 94 valence electrons. The zero-order valence-electron chi connectivity index (χ0n) is 9.24. The number of halogens is 3. The van der Waals surface area contributed by atoms with E-state index in [9.17, 15) is 4.79 Å². The molecule has 0 amide bonds. The number of nitrogens with one attached hydrogen (secondary N) is 1. The summed E-state index contributed by atoms with van der Waals surface area (Å²) in [5.41, 5.74) is 1.80. The van der Waals surface area contributed by atoms with Crippen LogP contribution in [-0.2, 0) is 0 Å². The number of aromatic nitrogens is 1. The third-order valence-electron chi connectivity index (χ3n) is 2.65. The molecule has 0 aliphatic carbocycles. The van der Waals surface area contributed by atoms with Gasteiger partial charge in [0.15, 0.2) is 0 Å². The summed E-state index contributed by atoms with van der Waals surface area (Å²) in [5, 5.41) is -1.53. The number of rotatable bonds is 4. The number of benzene rings is 1. The summed E-state index contributed by atoms with van der Waals surface area (Å²) in [6, 6.07) is 11.2. The molecule has 2 rings (SSSR count). The van der Waals surface area contributed by atoms with E-state index in [-0.39, 0.29) is 0 Å². The van der Waals surface area contributed by atoms with Crippen molar-refractivity contribution < 1.29 is 4.79 Å². The quantitative estimate of drug-likeness (QED) is 0.647. The molecule has 0 aliphatic heterocycles. The van der Waals surface area contributed by atoms with E-state index >= 15 is 0 Å². The topological polar surface area (TPSA) is 32.9 Å². The molecule has 18 heavy (non-hydrogen) atoms. The van der Waals surface area contributed by atoms with Crippen molar-refractivity contribution in [2.75, 3.05) is 0 Å². The predicted octanol–water partition coefficient (Wildman–Crippen LogP) is 4.65. The first kappa shape index (κ1) is 13.5. The van der Waals surface area contributed by atoms with Crippen molar-refractivity contribution in [3.63, 3.8) is 0 Å². The second kappa shape index (κ2) is 5.79. The van der Waals surface area contributed by atoms with E-state index in [1.54, 1.807) is 12.3 Å². The molecule has 1 heterocycles. The zero-order chi connectivity index (χ0) is 13.1. The summed E-state index contributed by atoms with van der Waals surface area (Å²) in [7, 11) is 0. The minimum Gasteiger partial charge on any atom is -0.357 e. The largest absolute Gasteiger partial charge is 0.357 e. The van der Waals surface area contributed by atoms with Gasteiger partial charge in [-0.25, -0.2) is 0 Å². The Kier molecular flexibility index (Phi) is 4.33. The van der Waals surface area contributed by atoms with Crippen LogP contribution in [0.25, 0.3) is 0 Å². The molecular formula is C13H10Cl3NO. The van der Waals surface area contributed by atoms with E-state index in [0.29, 0.717) is 11.3 Å². The van der Waals surface area contributed by atoms with Gasteiger partial charge in [0.05, 0.1) is 10.8 Å². The van der Waals surface area contributed by atoms with Crippen molar-refractivity contribution in [3.05, 3.63) is 59.4 Å². The molecule has 0 spiro atoms. The van der Waals surface area contributed by atoms with Crippen LogP contribution in [-0.4, -0.2) is 10.2 Å². The smallest absolute Gasteiger partial charge is 0.268 e. The Balaban J connectivity index is 2.29. The van der Waals surface area contributed by atoms with Crippen LogP contribution in [0.5, 0.6) is 0 Å². The van der Waals surface area contributed by atoms with E-state index in [4.69, 9.17) is 34.8 Å². The van der Waals surface area contributed by atoms with Crippen molar-refractivity contribution in [1.29, 1.82) is 0 Å². The summed E-state index contributed by atoms with van der Waals surface area (Å²) in [6.45, 7) is 0. The highest BCUT2D eigenvalue weighted by Crippen LogP contribution is 2.40. The van der Waals surface area contributed by atoms with Crippen LogP contribution in [0, 0.1) is 0 Å². The van der Waals surface area contributed by atoms with Gasteiger partial charge in [-0.3, -0.25) is 4.79 Å². The summed E-state index contributed by atoms with van der Waals surface area (Å²) in [6.07, 6.45) is 1.62. The molecule has 2 atom stereocenters. The number of carbonyl (C=O) groups is 1. The Morgan fingerprint density at radius 2 is 1.72 bits per heavy atom. The number of H-pyrrole nitrogens is 1. The van der Waals surface area contributed by atoms with Crippen LogP contribution in [0.4, 0.5) is 0 Å². The molecular weight excluding hydrogens is 293 g/mol. The third kappa shape index (κ3) is 2.72. The van der Waals surface area contributed by atoms with Crippen LogP contribution >= 0.6 is 34.8 Å². The summed E-state index contributed by atoms with van der Waals surface area (Å²) < 4.78 is 0. The Morgan fingerprint density at radius 3 is 2.33 bits per heavy atom. The fourth-order valence-corrected chi connectivity index (χ4v) is 2.52. The van der Waals surface area contributed by atoms with E-state index in [1.807, 2.05) is 30.3 Å². The molecule has 2 unspecified atom stereocenters. The van der Waals surface area contributed by atoms with Crippen LogP contribution in [0.1, 0.15) is 32.4 Å². The standard InChI is InChI=1S/C13H10Cl3NO/c14-10(8-4-2-1-3-5-8)11(15)9-6-7-17-12(9)13(16)18/h1-7,10-11,17H. The molecule has 2 aromatic rings. The van der Waals surface area contributed by atoms with Gasteiger partial charge in [-0.05, 0) is 23.2 Å². The van der Waals surface area contributed by atoms with Gasteiger partial charge in [-0.2, -0.15) is 0 Å². The van der Waals surface area contributed by atoms with Crippen molar-refractivity contribution in [2.24, 2.45) is 0 Å². The second-order valence-corrected chi connectivity index (χ2v) is 5.08. The number of alkyl halides is 2. The van der Waals surface area contributed by atoms with Gasteiger partial charge in [0.25, 0.3) is 5.24 Å². The van der Waals surface area contributed by atoms with Gasteiger partial charge >= 0.3 is 0 Å². The first-order chi connectivity index (χ1) is 8.61. The lowest BCUT2D eigenvalue weighted by atomic mass is 10.0. The maximum absolute atomic E-state index is 11.2. The van der Waals surface area contributed by atoms with Gasteiger partial charge in [-0.15, -0.1) is 23.2 Å². The lowest BCUT2D eigenvalue weighted by molar-refractivity contribution is 0.107. The molecule has 0 saturated heterocycles. The molecule has 0 radical (unpaired) electrons. The van der Waals surface area contributed by atoms with E-state index in [0.717, 1.165) is 5.56 Å². The van der Waals surface area contributed by atoms with E-state index < -0.39 is 16.0 Å². The molecule has 5 heteroatoms. The zero-order valence-corrected chi connectivity index (χ0v) is 11.5. The number of carbonyl (C=O) groups excluding carboxylic acids is 1. The molecule has 0 aliphatic rings. The maximum atomic E-state index is 11.2. The third-order valence-corrected chi connectivity index (χ3v) is 3.96. The minimum atomic E-state index is -0.572. The first-order valence-electron chi connectivity index (χ1n) is 5.31. The molecule has 0 bridgehead atoms. The fraction of sp³-hybridized carbons (Fsp3) is 0.154. The highest BCUT2D eigenvalue weighted by atomic mass is 35.5. The van der Waals surface area contributed by atoms with Gasteiger partial charge in [0, 0.05) is 11.8 Å². The van der Waals surface area contributed by atoms with Crippen molar-refractivity contribution >= 4 is 40.0 Å². The fourth-order valence-electron chi connectivity index (χ4n) is 1.74. The van der Waals surface area contributed by atoms with Gasteiger partial charge in [0.1, 0.15) is 5.69 Å². The van der Waals surface area contributed by atoms with Gasteiger partial charge < -0.3 is 4.98 Å². The predicted molar refractivity (Wildman–Crippen MR) is 74.6 cm³/mol. The summed E-state index contributed by atoms with van der Waals surface area (Å²) in [5.74, 6) is 0. The normalized spacial score (nSPS) is 14.2. The van der Waals surface area contributed by atoms with Crippen LogP contribution in [0.2, 0.25) is 0 Å². The Labute approximate surface area is 120 Å². The Morgan fingerprint density at radius 1 is 1.06 bits per heavy atom. The van der Waals surface area contributed by atoms with Gasteiger partial charge in [0.2, 0.25) is 0 Å². The van der Waals surface area contributed by atoms with Crippen molar-refractivity contribution in [2.45, 2.75) is 10.8 Å². The van der Waals surface area contributed by atoms with Crippen LogP contribution < -0.4 is 0 Å². The number of hydrogen-bond donors (Lipinski definition) is 1. The number of aromatic amines is 1. The van der Waals surface area contributed by atoms with Crippen molar-refractivity contribution in [3.8, 4) is 0 Å². The monoisotopic (exact) mass is 301 g/mol. The highest BCUT2D eigenvalue weighted by molar-refractivity contribution is 6.67. The van der Waals surface area contributed by atoms with E-state index in [2.05, 4.69) is 4.98 Å².